The van der Waals surface area contributed by atoms with Crippen LogP contribution in [0.1, 0.15) is 5.56 Å². The summed E-state index contributed by atoms with van der Waals surface area (Å²) in [6.07, 6.45) is 1.60. The van der Waals surface area contributed by atoms with Crippen molar-refractivity contribution in [2.24, 2.45) is 0 Å². The van der Waals surface area contributed by atoms with Gasteiger partial charge in [-0.3, -0.25) is 19.3 Å². The molecule has 3 amide bonds. The number of nitrogens with one attached hydrogen (secondary N) is 1. The molecule has 1 heterocycles. The van der Waals surface area contributed by atoms with Gasteiger partial charge in [0.25, 0.3) is 11.1 Å². The molecule has 0 radical (unpaired) electrons. The summed E-state index contributed by atoms with van der Waals surface area (Å²) in [7, 11) is 0. The molecule has 0 aromatic heterocycles. The molecule has 1 aliphatic heterocycles. The minimum atomic E-state index is -0.499. The van der Waals surface area contributed by atoms with Crippen molar-refractivity contribution < 1.29 is 14.4 Å². The lowest BCUT2D eigenvalue weighted by Gasteiger charge is -2.12. The number of nitrogens with zero attached hydrogens (tertiary/aromatic N) is 1. The Kier molecular flexibility index (Phi) is 5.66. The van der Waals surface area contributed by atoms with Gasteiger partial charge in [-0.25, -0.2) is 0 Å². The third kappa shape index (κ3) is 4.46. The van der Waals surface area contributed by atoms with Gasteiger partial charge in [-0.05, 0) is 59.8 Å². The number of halogens is 2. The number of hydrogen-bond donors (Lipinski definition) is 1. The van der Waals surface area contributed by atoms with Gasteiger partial charge in [-0.1, -0.05) is 35.3 Å². The molecule has 0 bridgehead atoms. The Morgan fingerprint density at radius 1 is 1.00 bits per heavy atom. The molecule has 0 atom stereocenters. The van der Waals surface area contributed by atoms with E-state index in [1.54, 1.807) is 54.6 Å². The Morgan fingerprint density at radius 2 is 1.58 bits per heavy atom. The lowest BCUT2D eigenvalue weighted by Crippen LogP contribution is -2.36. The van der Waals surface area contributed by atoms with Crippen LogP contribution in [0.15, 0.2) is 53.4 Å². The van der Waals surface area contributed by atoms with Gasteiger partial charge in [0.1, 0.15) is 6.54 Å². The Bertz CT molecular complexity index is 896. The normalized spacial score (nSPS) is 15.6. The minimum Gasteiger partial charge on any atom is -0.325 e. The average molecular weight is 407 g/mol. The Labute approximate surface area is 164 Å². The van der Waals surface area contributed by atoms with Crippen LogP contribution in [-0.4, -0.2) is 28.5 Å². The molecule has 1 aliphatic rings. The summed E-state index contributed by atoms with van der Waals surface area (Å²) in [4.78, 5) is 37.8. The van der Waals surface area contributed by atoms with Crippen LogP contribution in [0.25, 0.3) is 6.08 Å². The molecule has 0 unspecified atom stereocenters. The number of imide groups is 1. The fraction of sp³-hybridized carbons (Fsp3) is 0.0556. The second-order valence-electron chi connectivity index (χ2n) is 5.37. The first kappa shape index (κ1) is 18.5. The van der Waals surface area contributed by atoms with Gasteiger partial charge in [-0.2, -0.15) is 0 Å². The summed E-state index contributed by atoms with van der Waals surface area (Å²) >= 11 is 12.4. The van der Waals surface area contributed by atoms with E-state index in [2.05, 4.69) is 5.32 Å². The molecular formula is C18H12Cl2N2O3S. The van der Waals surface area contributed by atoms with E-state index in [-0.39, 0.29) is 11.4 Å². The molecule has 3 rings (SSSR count). The van der Waals surface area contributed by atoms with E-state index < -0.39 is 17.1 Å². The maximum atomic E-state index is 12.4. The highest BCUT2D eigenvalue weighted by atomic mass is 35.5. The topological polar surface area (TPSA) is 66.5 Å². The number of thioether (sulfide) groups is 1. The Balaban J connectivity index is 1.67. The van der Waals surface area contributed by atoms with Crippen molar-refractivity contribution in [2.45, 2.75) is 0 Å². The van der Waals surface area contributed by atoms with Gasteiger partial charge in [0.2, 0.25) is 5.91 Å². The predicted molar refractivity (Wildman–Crippen MR) is 104 cm³/mol. The largest absolute Gasteiger partial charge is 0.325 e. The minimum absolute atomic E-state index is 0.261. The van der Waals surface area contributed by atoms with Gasteiger partial charge in [-0.15, -0.1) is 0 Å². The second-order valence-corrected chi connectivity index (χ2v) is 7.24. The molecule has 1 fully saturated rings. The summed E-state index contributed by atoms with van der Waals surface area (Å²) < 4.78 is 0. The van der Waals surface area contributed by atoms with E-state index in [9.17, 15) is 14.4 Å². The maximum absolute atomic E-state index is 12.4. The summed E-state index contributed by atoms with van der Waals surface area (Å²) in [5.41, 5.74) is 1.27. The van der Waals surface area contributed by atoms with Crippen LogP contribution < -0.4 is 5.32 Å². The smallest absolute Gasteiger partial charge is 0.294 e. The summed E-state index contributed by atoms with van der Waals surface area (Å²) in [5, 5.41) is 3.26. The number of amides is 3. The van der Waals surface area contributed by atoms with Crippen LogP contribution in [0.2, 0.25) is 10.0 Å². The van der Waals surface area contributed by atoms with Gasteiger partial charge >= 0.3 is 0 Å². The lowest BCUT2D eigenvalue weighted by atomic mass is 10.2. The third-order valence-electron chi connectivity index (χ3n) is 3.47. The molecule has 0 spiro atoms. The highest BCUT2D eigenvalue weighted by molar-refractivity contribution is 8.18. The van der Waals surface area contributed by atoms with Crippen molar-refractivity contribution in [3.8, 4) is 0 Å². The molecule has 1 N–H and O–H groups in total. The number of rotatable bonds is 4. The molecule has 132 valence electrons. The SMILES string of the molecule is O=C(CN1C(=O)S/C(=C/c2ccc(Cl)cc2)C1=O)Nc1ccc(Cl)cc1. The molecule has 5 nitrogen and oxygen atoms in total. The monoisotopic (exact) mass is 406 g/mol. The molecule has 0 aliphatic carbocycles. The third-order valence-corrected chi connectivity index (χ3v) is 4.88. The van der Waals surface area contributed by atoms with E-state index in [0.29, 0.717) is 15.7 Å². The zero-order chi connectivity index (χ0) is 18.7. The number of anilines is 1. The first-order valence-electron chi connectivity index (χ1n) is 7.49. The van der Waals surface area contributed by atoms with E-state index >= 15 is 0 Å². The van der Waals surface area contributed by atoms with E-state index in [1.807, 2.05) is 0 Å². The number of benzene rings is 2. The van der Waals surface area contributed by atoms with Crippen LogP contribution in [-0.2, 0) is 9.59 Å². The van der Waals surface area contributed by atoms with Crippen LogP contribution in [0.3, 0.4) is 0 Å². The molecule has 2 aromatic rings. The number of hydrogen-bond acceptors (Lipinski definition) is 4. The quantitative estimate of drug-likeness (QED) is 0.749. The lowest BCUT2D eigenvalue weighted by molar-refractivity contribution is -0.127. The molecular weight excluding hydrogens is 395 g/mol. The van der Waals surface area contributed by atoms with E-state index in [1.165, 1.54) is 0 Å². The summed E-state index contributed by atoms with van der Waals surface area (Å²) in [5.74, 6) is -0.969. The molecule has 8 heteroatoms. The Morgan fingerprint density at radius 3 is 2.19 bits per heavy atom. The standard InChI is InChI=1S/C18H12Cl2N2O3S/c19-12-3-1-11(2-4-12)9-15-17(24)22(18(25)26-15)10-16(23)21-14-7-5-13(20)6-8-14/h1-9H,10H2,(H,21,23)/b15-9+. The summed E-state index contributed by atoms with van der Waals surface area (Å²) in [6, 6.07) is 13.4. The second kappa shape index (κ2) is 7.95. The highest BCUT2D eigenvalue weighted by Crippen LogP contribution is 2.32. The van der Waals surface area contributed by atoms with Gasteiger partial charge in [0.15, 0.2) is 0 Å². The van der Waals surface area contributed by atoms with Gasteiger partial charge in [0, 0.05) is 15.7 Å². The predicted octanol–water partition coefficient (Wildman–Crippen LogP) is 4.67. The van der Waals surface area contributed by atoms with Crippen molar-refractivity contribution in [2.75, 3.05) is 11.9 Å². The highest BCUT2D eigenvalue weighted by Gasteiger charge is 2.36. The van der Waals surface area contributed by atoms with E-state index in [0.717, 1.165) is 22.2 Å². The van der Waals surface area contributed by atoms with Crippen LogP contribution in [0.5, 0.6) is 0 Å². The zero-order valence-electron chi connectivity index (χ0n) is 13.2. The van der Waals surface area contributed by atoms with Crippen molar-refractivity contribution in [3.05, 3.63) is 69.0 Å². The fourth-order valence-corrected chi connectivity index (χ4v) is 3.31. The van der Waals surface area contributed by atoms with Crippen molar-refractivity contribution in [1.82, 2.24) is 4.90 Å². The van der Waals surface area contributed by atoms with Crippen LogP contribution in [0, 0.1) is 0 Å². The number of carbonyl (C=O) groups is 3. The van der Waals surface area contributed by atoms with E-state index in [4.69, 9.17) is 23.2 Å². The van der Waals surface area contributed by atoms with Crippen LogP contribution >= 0.6 is 35.0 Å². The van der Waals surface area contributed by atoms with Crippen molar-refractivity contribution >= 4 is 63.8 Å². The van der Waals surface area contributed by atoms with Gasteiger partial charge < -0.3 is 5.32 Å². The molecule has 26 heavy (non-hydrogen) atoms. The summed E-state index contributed by atoms with van der Waals surface area (Å²) in [6.45, 7) is -0.356. The van der Waals surface area contributed by atoms with Crippen molar-refractivity contribution in [1.29, 1.82) is 0 Å². The molecule has 1 saturated heterocycles. The van der Waals surface area contributed by atoms with Crippen LogP contribution in [0.4, 0.5) is 10.5 Å². The van der Waals surface area contributed by atoms with Gasteiger partial charge in [0.05, 0.1) is 4.91 Å². The zero-order valence-corrected chi connectivity index (χ0v) is 15.6. The first-order valence-corrected chi connectivity index (χ1v) is 9.06. The first-order chi connectivity index (χ1) is 12.4. The Hall–Kier alpha value is -2.28. The average Bonchev–Trinajstić information content (AvgIpc) is 2.86. The number of carbonyl (C=O) groups excluding carboxylic acids is 3. The fourth-order valence-electron chi connectivity index (χ4n) is 2.22. The molecule has 0 saturated carbocycles. The maximum Gasteiger partial charge on any atom is 0.294 e. The van der Waals surface area contributed by atoms with Crippen molar-refractivity contribution in [3.63, 3.8) is 0 Å². The molecule has 2 aromatic carbocycles.